The zero-order valence-electron chi connectivity index (χ0n) is 9.43. The van der Waals surface area contributed by atoms with Crippen molar-refractivity contribution in [1.82, 2.24) is 0 Å². The quantitative estimate of drug-likeness (QED) is 0.147. The molecule has 0 aromatic carbocycles. The van der Waals surface area contributed by atoms with Gasteiger partial charge in [0, 0.05) is 18.2 Å². The Labute approximate surface area is 89.3 Å². The second-order valence-corrected chi connectivity index (χ2v) is 3.86. The van der Waals surface area contributed by atoms with Crippen LogP contribution in [0, 0.1) is 4.91 Å². The summed E-state index contributed by atoms with van der Waals surface area (Å²) >= 11 is 0. The molecule has 0 saturated heterocycles. The summed E-state index contributed by atoms with van der Waals surface area (Å²) in [6.45, 7) is 8.25. The third-order valence-corrected chi connectivity index (χ3v) is 2.34. The van der Waals surface area contributed by atoms with Crippen molar-refractivity contribution in [3.63, 3.8) is 0 Å². The van der Waals surface area contributed by atoms with Crippen molar-refractivity contribution in [3.05, 3.63) is 17.6 Å². The zero-order chi connectivity index (χ0) is 12.3. The van der Waals surface area contributed by atoms with Gasteiger partial charge in [-0.25, -0.2) is 0 Å². The van der Waals surface area contributed by atoms with Gasteiger partial charge in [-0.1, -0.05) is 13.5 Å². The Kier molecular flexibility index (Phi) is 4.08. The van der Waals surface area contributed by atoms with Gasteiger partial charge in [-0.2, -0.15) is 0 Å². The molecule has 0 saturated carbocycles. The maximum atomic E-state index is 10.7. The molecule has 0 aromatic heterocycles. The van der Waals surface area contributed by atoms with Crippen molar-refractivity contribution in [2.24, 2.45) is 22.6 Å². The van der Waals surface area contributed by atoms with Gasteiger partial charge >= 0.3 is 5.66 Å². The molecule has 0 bridgehead atoms. The lowest BCUT2D eigenvalue weighted by atomic mass is 10.2. The van der Waals surface area contributed by atoms with Gasteiger partial charge in [0.15, 0.2) is 5.72 Å². The van der Waals surface area contributed by atoms with Crippen LogP contribution in [0.15, 0.2) is 17.8 Å². The average molecular weight is 218 g/mol. The molecule has 0 fully saturated rings. The van der Waals surface area contributed by atoms with Crippen LogP contribution in [0.25, 0.3) is 0 Å². The van der Waals surface area contributed by atoms with Gasteiger partial charge in [0.2, 0.25) is 0 Å². The first-order valence-electron chi connectivity index (χ1n) is 4.58. The topological polar surface area (TPSA) is 117 Å². The number of hydroxylamine groups is 1. The van der Waals surface area contributed by atoms with Crippen LogP contribution in [0.5, 0.6) is 0 Å². The Bertz CT molecular complexity index is 243. The van der Waals surface area contributed by atoms with E-state index in [1.54, 1.807) is 13.8 Å². The summed E-state index contributed by atoms with van der Waals surface area (Å²) in [6.07, 6.45) is 1.69. The Hall–Kier alpha value is -0.860. The molecule has 0 aliphatic carbocycles. The van der Waals surface area contributed by atoms with Crippen LogP contribution in [0.2, 0.25) is 0 Å². The highest BCUT2D eigenvalue weighted by Crippen LogP contribution is 2.23. The molecule has 0 rings (SSSR count). The summed E-state index contributed by atoms with van der Waals surface area (Å²) in [6, 6.07) is 0. The van der Waals surface area contributed by atoms with Crippen LogP contribution in [0.4, 0.5) is 0 Å². The molecule has 0 spiro atoms. The van der Waals surface area contributed by atoms with Crippen LogP contribution in [0.1, 0.15) is 27.2 Å². The molecular formula is C8H20N5O2+. The molecule has 0 aliphatic heterocycles. The number of hydrogen-bond acceptors (Lipinski definition) is 6. The van der Waals surface area contributed by atoms with Crippen molar-refractivity contribution in [3.8, 4) is 0 Å². The fourth-order valence-corrected chi connectivity index (χ4v) is 0.746. The first-order valence-corrected chi connectivity index (χ1v) is 4.58. The summed E-state index contributed by atoms with van der Waals surface area (Å²) in [5.41, 5.74) is 3.20. The number of nitroso groups, excluding NO2 is 1. The molecule has 0 aromatic rings. The molecule has 7 heteroatoms. The van der Waals surface area contributed by atoms with E-state index in [1.807, 2.05) is 0 Å². The monoisotopic (exact) mass is 218 g/mol. The van der Waals surface area contributed by atoms with Crippen LogP contribution < -0.4 is 17.4 Å². The molecule has 2 atom stereocenters. The molecule has 15 heavy (non-hydrogen) atoms. The Morgan fingerprint density at radius 1 is 1.53 bits per heavy atom. The second kappa shape index (κ2) is 4.33. The average Bonchev–Trinajstić information content (AvgIpc) is 2.14. The van der Waals surface area contributed by atoms with E-state index in [0.717, 1.165) is 0 Å². The summed E-state index contributed by atoms with van der Waals surface area (Å²) in [5.74, 6) is 11.3. The Morgan fingerprint density at radius 3 is 2.27 bits per heavy atom. The van der Waals surface area contributed by atoms with Gasteiger partial charge < -0.3 is 0 Å². The number of hydrogen-bond donors (Lipinski definition) is 3. The number of nitrogens with zero attached hydrogens (tertiary/aromatic N) is 2. The van der Waals surface area contributed by atoms with Crippen LogP contribution in [0.3, 0.4) is 0 Å². The van der Waals surface area contributed by atoms with Crippen molar-refractivity contribution < 1.29 is 9.70 Å². The van der Waals surface area contributed by atoms with Gasteiger partial charge in [-0.05, 0) is 18.2 Å². The van der Waals surface area contributed by atoms with E-state index < -0.39 is 16.3 Å². The van der Waals surface area contributed by atoms with E-state index in [2.05, 4.69) is 11.8 Å². The molecule has 2 unspecified atom stereocenters. The highest BCUT2D eigenvalue weighted by atomic mass is 16.8. The molecule has 0 heterocycles. The standard InChI is InChI=1S/C8H20N5O2/c1-5-7(3,9)15-13(10,11)8(4,6-2)12-14/h6H,2,5,9-11H2,1,3-4H3/q+1. The van der Waals surface area contributed by atoms with Crippen molar-refractivity contribution in [2.75, 3.05) is 0 Å². The summed E-state index contributed by atoms with van der Waals surface area (Å²) in [7, 11) is 0. The molecule has 6 N–H and O–H groups in total. The summed E-state index contributed by atoms with van der Waals surface area (Å²) < 4.78 is 0. The van der Waals surface area contributed by atoms with Crippen molar-refractivity contribution in [1.29, 1.82) is 0 Å². The molecular weight excluding hydrogens is 198 g/mol. The normalized spacial score (nSPS) is 20.1. The largest absolute Gasteiger partial charge is 0.312 e. The fourth-order valence-electron chi connectivity index (χ4n) is 0.746. The van der Waals surface area contributed by atoms with E-state index in [4.69, 9.17) is 22.3 Å². The maximum absolute atomic E-state index is 10.7. The minimum atomic E-state index is -1.49. The lowest BCUT2D eigenvalue weighted by Crippen LogP contribution is -2.73. The number of rotatable bonds is 6. The Balaban J connectivity index is 4.97. The molecule has 0 amide bonds. The summed E-state index contributed by atoms with van der Waals surface area (Å²) in [5, 5.41) is 2.80. The van der Waals surface area contributed by atoms with Crippen LogP contribution in [-0.2, 0) is 4.84 Å². The lowest BCUT2D eigenvalue weighted by molar-refractivity contribution is -1.16. The van der Waals surface area contributed by atoms with E-state index in [0.29, 0.717) is 6.42 Å². The minimum absolute atomic E-state index is 0.480. The first-order chi connectivity index (χ1) is 6.64. The first kappa shape index (κ1) is 14.1. The SMILES string of the molecule is C=CC(C)(N=O)[N+](N)(N)OC(C)(N)CC. The number of nitrogens with two attached hydrogens (primary N) is 3. The fraction of sp³-hybridized carbons (Fsp3) is 0.750. The van der Waals surface area contributed by atoms with E-state index in [-0.39, 0.29) is 0 Å². The highest BCUT2D eigenvalue weighted by molar-refractivity contribution is 4.89. The van der Waals surface area contributed by atoms with Crippen molar-refractivity contribution in [2.45, 2.75) is 38.6 Å². The number of quaternary nitrogens is 1. The predicted molar refractivity (Wildman–Crippen MR) is 57.0 cm³/mol. The zero-order valence-corrected chi connectivity index (χ0v) is 9.43. The van der Waals surface area contributed by atoms with Gasteiger partial charge in [0.05, 0.1) is 0 Å². The molecule has 0 aliphatic rings. The third kappa shape index (κ3) is 3.05. The maximum Gasteiger partial charge on any atom is 0.312 e. The van der Waals surface area contributed by atoms with Gasteiger partial charge in [-0.3, -0.25) is 5.73 Å². The molecule has 7 nitrogen and oxygen atoms in total. The van der Waals surface area contributed by atoms with Crippen LogP contribution in [-0.4, -0.2) is 16.3 Å². The van der Waals surface area contributed by atoms with E-state index in [1.165, 1.54) is 13.0 Å². The van der Waals surface area contributed by atoms with Gasteiger partial charge in [-0.15, -0.1) is 21.4 Å². The molecule has 0 radical (unpaired) electrons. The van der Waals surface area contributed by atoms with Crippen LogP contribution >= 0.6 is 0 Å². The minimum Gasteiger partial charge on any atom is -0.298 e. The lowest BCUT2D eigenvalue weighted by Gasteiger charge is -2.37. The predicted octanol–water partition coefficient (Wildman–Crippen LogP) is 0.236. The van der Waals surface area contributed by atoms with Gasteiger partial charge in [0.25, 0.3) is 0 Å². The summed E-state index contributed by atoms with van der Waals surface area (Å²) in [4.78, 5) is 14.8. The molecule has 88 valence electrons. The second-order valence-electron chi connectivity index (χ2n) is 3.86. The van der Waals surface area contributed by atoms with E-state index in [9.17, 15) is 4.91 Å². The third-order valence-electron chi connectivity index (χ3n) is 2.34. The van der Waals surface area contributed by atoms with Gasteiger partial charge in [0.1, 0.15) is 0 Å². The van der Waals surface area contributed by atoms with Crippen molar-refractivity contribution >= 4 is 0 Å². The Morgan fingerprint density at radius 2 is 2.00 bits per heavy atom. The highest BCUT2D eigenvalue weighted by Gasteiger charge is 2.49. The van der Waals surface area contributed by atoms with E-state index >= 15 is 0 Å². The smallest absolute Gasteiger partial charge is 0.298 e.